The van der Waals surface area contributed by atoms with Gasteiger partial charge in [-0.25, -0.2) is 12.8 Å². The number of nitrogens with zero attached hydrogens (tertiary/aromatic N) is 2. The van der Waals surface area contributed by atoms with E-state index in [0.717, 1.165) is 27.0 Å². The highest BCUT2D eigenvalue weighted by molar-refractivity contribution is 9.10. The lowest BCUT2D eigenvalue weighted by molar-refractivity contribution is -0.140. The molecule has 0 aromatic heterocycles. The molecule has 0 bridgehead atoms. The first kappa shape index (κ1) is 28.8. The molecule has 0 aliphatic carbocycles. The van der Waals surface area contributed by atoms with Crippen LogP contribution < -0.4 is 9.62 Å². The van der Waals surface area contributed by atoms with Gasteiger partial charge in [0.2, 0.25) is 21.8 Å². The standard InChI is InChI=1S/C25H33BrFN3O4S/c1-5-18(2)28-25(32)19(3)29(17-20-12-14-21(26)15-13-20)24(31)11-8-16-30(35(4,33)34)23-10-7-6-9-22(23)27/h6-7,9-10,12-15,18-19H,5,8,11,16-17H2,1-4H3,(H,28,32)/t18-,19-/m0/s1. The minimum Gasteiger partial charge on any atom is -0.352 e. The van der Waals surface area contributed by atoms with Crippen LogP contribution in [0.1, 0.15) is 45.6 Å². The van der Waals surface area contributed by atoms with Crippen LogP contribution in [0, 0.1) is 5.82 Å². The van der Waals surface area contributed by atoms with Crippen molar-refractivity contribution in [2.24, 2.45) is 0 Å². The smallest absolute Gasteiger partial charge is 0.242 e. The zero-order valence-corrected chi connectivity index (χ0v) is 22.9. The summed E-state index contributed by atoms with van der Waals surface area (Å²) in [5.41, 5.74) is 0.796. The van der Waals surface area contributed by atoms with Gasteiger partial charge in [-0.3, -0.25) is 13.9 Å². The van der Waals surface area contributed by atoms with Gasteiger partial charge >= 0.3 is 0 Å². The van der Waals surface area contributed by atoms with Gasteiger partial charge < -0.3 is 10.2 Å². The number of amides is 2. The molecule has 0 aliphatic rings. The molecule has 7 nitrogen and oxygen atoms in total. The monoisotopic (exact) mass is 569 g/mol. The molecule has 1 N–H and O–H groups in total. The molecule has 2 aromatic carbocycles. The number of benzene rings is 2. The first-order valence-corrected chi connectivity index (χ1v) is 14.1. The Morgan fingerprint density at radius 2 is 1.71 bits per heavy atom. The topological polar surface area (TPSA) is 86.8 Å². The predicted octanol–water partition coefficient (Wildman–Crippen LogP) is 4.47. The summed E-state index contributed by atoms with van der Waals surface area (Å²) >= 11 is 3.39. The largest absolute Gasteiger partial charge is 0.352 e. The van der Waals surface area contributed by atoms with E-state index in [4.69, 9.17) is 0 Å². The van der Waals surface area contributed by atoms with Crippen LogP contribution in [0.4, 0.5) is 10.1 Å². The van der Waals surface area contributed by atoms with E-state index in [-0.39, 0.29) is 49.5 Å². The van der Waals surface area contributed by atoms with E-state index in [0.29, 0.717) is 0 Å². The van der Waals surface area contributed by atoms with Crippen molar-refractivity contribution in [3.8, 4) is 0 Å². The molecule has 0 heterocycles. The van der Waals surface area contributed by atoms with E-state index in [9.17, 15) is 22.4 Å². The number of carbonyl (C=O) groups excluding carboxylic acids is 2. The van der Waals surface area contributed by atoms with Crippen LogP contribution in [0.2, 0.25) is 0 Å². The third kappa shape index (κ3) is 8.61. The van der Waals surface area contributed by atoms with E-state index < -0.39 is 21.9 Å². The summed E-state index contributed by atoms with van der Waals surface area (Å²) in [6.45, 7) is 5.70. The fourth-order valence-corrected chi connectivity index (χ4v) is 4.70. The van der Waals surface area contributed by atoms with Gasteiger partial charge in [-0.1, -0.05) is 47.1 Å². The summed E-state index contributed by atoms with van der Waals surface area (Å²) in [4.78, 5) is 27.5. The lowest BCUT2D eigenvalue weighted by Crippen LogP contribution is -2.49. The lowest BCUT2D eigenvalue weighted by Gasteiger charge is -2.30. The number of anilines is 1. The minimum absolute atomic E-state index is 0.00203. The zero-order chi connectivity index (χ0) is 26.2. The highest BCUT2D eigenvalue weighted by Gasteiger charge is 2.27. The minimum atomic E-state index is -3.76. The van der Waals surface area contributed by atoms with Crippen molar-refractivity contribution < 1.29 is 22.4 Å². The van der Waals surface area contributed by atoms with E-state index in [2.05, 4.69) is 21.2 Å². The Hall–Kier alpha value is -2.46. The second kappa shape index (κ2) is 13.0. The summed E-state index contributed by atoms with van der Waals surface area (Å²) in [5.74, 6) is -1.20. The number of carbonyl (C=O) groups is 2. The SMILES string of the molecule is CC[C@H](C)NC(=O)[C@H](C)N(Cc1ccc(Br)cc1)C(=O)CCCN(c1ccccc1F)S(C)(=O)=O. The second-order valence-corrected chi connectivity index (χ2v) is 11.4. The number of para-hydroxylation sites is 1. The molecular weight excluding hydrogens is 537 g/mol. The van der Waals surface area contributed by atoms with Gasteiger partial charge in [0.15, 0.2) is 0 Å². The molecule has 0 saturated heterocycles. The number of hydrogen-bond acceptors (Lipinski definition) is 4. The van der Waals surface area contributed by atoms with Gasteiger partial charge in [-0.05, 0) is 56.5 Å². The van der Waals surface area contributed by atoms with E-state index >= 15 is 0 Å². The summed E-state index contributed by atoms with van der Waals surface area (Å²) in [5, 5.41) is 2.91. The molecule has 192 valence electrons. The van der Waals surface area contributed by atoms with Gasteiger partial charge in [0.05, 0.1) is 11.9 Å². The molecule has 2 atom stereocenters. The first-order valence-electron chi connectivity index (χ1n) is 11.5. The van der Waals surface area contributed by atoms with Crippen molar-refractivity contribution >= 4 is 43.5 Å². The van der Waals surface area contributed by atoms with Gasteiger partial charge in [0, 0.05) is 30.0 Å². The Labute approximate surface area is 215 Å². The maximum atomic E-state index is 14.3. The molecule has 10 heteroatoms. The Balaban J connectivity index is 2.17. The second-order valence-electron chi connectivity index (χ2n) is 8.53. The van der Waals surface area contributed by atoms with Crippen LogP contribution in [-0.2, 0) is 26.2 Å². The van der Waals surface area contributed by atoms with Crippen molar-refractivity contribution in [3.63, 3.8) is 0 Å². The van der Waals surface area contributed by atoms with Gasteiger partial charge in [0.1, 0.15) is 11.9 Å². The van der Waals surface area contributed by atoms with Crippen molar-refractivity contribution in [3.05, 3.63) is 64.4 Å². The number of sulfonamides is 1. The van der Waals surface area contributed by atoms with Crippen LogP contribution in [-0.4, -0.2) is 50.0 Å². The fourth-order valence-electron chi connectivity index (χ4n) is 3.47. The van der Waals surface area contributed by atoms with Gasteiger partial charge in [-0.15, -0.1) is 0 Å². The van der Waals surface area contributed by atoms with E-state index in [1.54, 1.807) is 13.0 Å². The maximum absolute atomic E-state index is 14.3. The Bertz CT molecular complexity index is 1110. The van der Waals surface area contributed by atoms with Crippen molar-refractivity contribution in [1.29, 1.82) is 0 Å². The maximum Gasteiger partial charge on any atom is 0.242 e. The molecule has 0 unspecified atom stereocenters. The molecule has 35 heavy (non-hydrogen) atoms. The summed E-state index contributed by atoms with van der Waals surface area (Å²) < 4.78 is 40.7. The molecule has 0 fully saturated rings. The number of halogens is 2. The third-order valence-electron chi connectivity index (χ3n) is 5.71. The van der Waals surface area contributed by atoms with Crippen molar-refractivity contribution in [2.75, 3.05) is 17.1 Å². The van der Waals surface area contributed by atoms with E-state index in [1.165, 1.54) is 23.1 Å². The quantitative estimate of drug-likeness (QED) is 0.408. The van der Waals surface area contributed by atoms with Crippen LogP contribution in [0.3, 0.4) is 0 Å². The van der Waals surface area contributed by atoms with E-state index in [1.807, 2.05) is 38.1 Å². The lowest BCUT2D eigenvalue weighted by atomic mass is 10.1. The Kier molecular flexibility index (Phi) is 10.7. The molecule has 2 amide bonds. The highest BCUT2D eigenvalue weighted by Crippen LogP contribution is 2.22. The molecule has 0 spiro atoms. The number of nitrogens with one attached hydrogen (secondary N) is 1. The third-order valence-corrected chi connectivity index (χ3v) is 7.42. The Morgan fingerprint density at radius 1 is 1.09 bits per heavy atom. The zero-order valence-electron chi connectivity index (χ0n) is 20.5. The predicted molar refractivity (Wildman–Crippen MR) is 140 cm³/mol. The summed E-state index contributed by atoms with van der Waals surface area (Å²) in [7, 11) is -3.76. The molecule has 2 rings (SSSR count). The van der Waals surface area contributed by atoms with Crippen LogP contribution in [0.25, 0.3) is 0 Å². The highest BCUT2D eigenvalue weighted by atomic mass is 79.9. The molecule has 0 radical (unpaired) electrons. The molecule has 0 aliphatic heterocycles. The fraction of sp³-hybridized carbons (Fsp3) is 0.440. The molecular formula is C25H33BrFN3O4S. The summed E-state index contributed by atoms with van der Waals surface area (Å²) in [6.07, 6.45) is 1.92. The average Bonchev–Trinajstić information content (AvgIpc) is 2.80. The van der Waals surface area contributed by atoms with Gasteiger partial charge in [0.25, 0.3) is 0 Å². The van der Waals surface area contributed by atoms with Crippen molar-refractivity contribution in [2.45, 2.75) is 58.7 Å². The molecule has 2 aromatic rings. The van der Waals surface area contributed by atoms with Crippen LogP contribution >= 0.6 is 15.9 Å². The number of hydrogen-bond donors (Lipinski definition) is 1. The Morgan fingerprint density at radius 3 is 2.29 bits per heavy atom. The summed E-state index contributed by atoms with van der Waals surface area (Å²) in [6, 6.07) is 12.3. The van der Waals surface area contributed by atoms with Gasteiger partial charge in [-0.2, -0.15) is 0 Å². The normalized spacial score (nSPS) is 13.1. The van der Waals surface area contributed by atoms with Crippen LogP contribution in [0.5, 0.6) is 0 Å². The van der Waals surface area contributed by atoms with Crippen molar-refractivity contribution in [1.82, 2.24) is 10.2 Å². The van der Waals surface area contributed by atoms with Crippen LogP contribution in [0.15, 0.2) is 53.0 Å². The average molecular weight is 571 g/mol. The molecule has 0 saturated carbocycles. The first-order chi connectivity index (χ1) is 16.4. The number of rotatable bonds is 12.